The number of alkyl halides is 1. The number of rotatable bonds is 8. The van der Waals surface area contributed by atoms with Gasteiger partial charge in [0.1, 0.15) is 6.10 Å². The van der Waals surface area contributed by atoms with Crippen LogP contribution < -0.4 is 0 Å². The Labute approximate surface area is 261 Å². The van der Waals surface area contributed by atoms with Crippen LogP contribution in [-0.4, -0.2) is 42.0 Å². The topological polar surface area (TPSA) is 55.8 Å². The molecule has 0 spiro atoms. The summed E-state index contributed by atoms with van der Waals surface area (Å²) in [6.07, 6.45) is 12.6. The number of carbonyl (C=O) groups excluding carboxylic acids is 1. The van der Waals surface area contributed by atoms with E-state index in [-0.39, 0.29) is 34.0 Å². The summed E-state index contributed by atoms with van der Waals surface area (Å²) >= 11 is 4.23. The molecule has 0 radical (unpaired) electrons. The second-order valence-corrected chi connectivity index (χ2v) is 23.0. The monoisotopic (exact) mass is 652 g/mol. The van der Waals surface area contributed by atoms with Gasteiger partial charge in [-0.2, -0.15) is 0 Å². The Morgan fingerprint density at radius 2 is 1.83 bits per heavy atom. The number of esters is 1. The van der Waals surface area contributed by atoms with Crippen LogP contribution in [0.15, 0.2) is 11.6 Å². The van der Waals surface area contributed by atoms with Crippen LogP contribution in [0.25, 0.3) is 0 Å². The molecule has 0 amide bonds. The van der Waals surface area contributed by atoms with Crippen molar-refractivity contribution in [2.75, 3.05) is 0 Å². The van der Waals surface area contributed by atoms with E-state index in [0.717, 1.165) is 44.9 Å². The van der Waals surface area contributed by atoms with Crippen LogP contribution in [0.2, 0.25) is 18.1 Å². The molecule has 0 aromatic carbocycles. The molecule has 4 aliphatic carbocycles. The summed E-state index contributed by atoms with van der Waals surface area (Å²) in [6, 6.07) is 0. The van der Waals surface area contributed by atoms with E-state index in [2.05, 4.69) is 76.6 Å². The number of hydrogen-bond acceptors (Lipinski definition) is 4. The van der Waals surface area contributed by atoms with E-state index in [0.29, 0.717) is 34.4 Å². The second kappa shape index (κ2) is 11.6. The molecule has 0 aromatic rings. The third-order valence-electron chi connectivity index (χ3n) is 12.8. The van der Waals surface area contributed by atoms with Crippen LogP contribution in [-0.2, 0) is 14.0 Å². The maximum Gasteiger partial charge on any atom is 0.302 e. The predicted molar refractivity (Wildman–Crippen MR) is 176 cm³/mol. The van der Waals surface area contributed by atoms with Crippen LogP contribution in [0, 0.1) is 40.4 Å². The van der Waals surface area contributed by atoms with Crippen molar-refractivity contribution in [3.63, 3.8) is 0 Å². The first-order valence-corrected chi connectivity index (χ1v) is 20.4. The fourth-order valence-electron chi connectivity index (χ4n) is 9.70. The molecule has 1 unspecified atom stereocenters. The first-order valence-electron chi connectivity index (χ1n) is 16.6. The van der Waals surface area contributed by atoms with Gasteiger partial charge in [0.25, 0.3) is 0 Å². The Balaban J connectivity index is 1.62. The van der Waals surface area contributed by atoms with Gasteiger partial charge in [-0.15, -0.1) is 0 Å². The molecule has 1 N–H and O–H groups in total. The Kier molecular flexibility index (Phi) is 9.57. The summed E-state index contributed by atoms with van der Waals surface area (Å²) in [7, 11) is -1.85. The van der Waals surface area contributed by atoms with E-state index in [1.807, 2.05) is 13.8 Å². The number of aliphatic hydroxyl groups is 1. The van der Waals surface area contributed by atoms with E-state index in [4.69, 9.17) is 9.16 Å². The van der Waals surface area contributed by atoms with E-state index < -0.39 is 13.9 Å². The van der Waals surface area contributed by atoms with Crippen molar-refractivity contribution in [1.82, 2.24) is 0 Å². The number of allylic oxidation sites excluding steroid dienone is 1. The van der Waals surface area contributed by atoms with Crippen molar-refractivity contribution < 1.29 is 19.1 Å². The summed E-state index contributed by atoms with van der Waals surface area (Å²) in [6.45, 7) is 24.6. The second-order valence-electron chi connectivity index (χ2n) is 17.2. The molecule has 0 saturated heterocycles. The number of halogens is 1. The molecule has 236 valence electrons. The minimum Gasteiger partial charge on any atom is -0.462 e. The highest BCUT2D eigenvalue weighted by Crippen LogP contribution is 2.68. The molecule has 10 atom stereocenters. The van der Waals surface area contributed by atoms with Crippen LogP contribution in [0.3, 0.4) is 0 Å². The third-order valence-corrected chi connectivity index (χ3v) is 18.2. The smallest absolute Gasteiger partial charge is 0.302 e. The van der Waals surface area contributed by atoms with Gasteiger partial charge >= 0.3 is 5.97 Å². The van der Waals surface area contributed by atoms with E-state index >= 15 is 0 Å². The first kappa shape index (κ1) is 33.7. The number of ether oxygens (including phenoxy) is 1. The van der Waals surface area contributed by atoms with Crippen molar-refractivity contribution >= 4 is 30.2 Å². The van der Waals surface area contributed by atoms with Gasteiger partial charge in [0.2, 0.25) is 0 Å². The highest BCUT2D eigenvalue weighted by atomic mass is 79.9. The SMILES string of the molecule is CC(=O)O[C@@H]1C[C@]2(C)[C@@H]([C@H](C)CCCC(C)(C)O)CC[C@H]2[C@@H]2C(Br)C=C3C[C@@H](O[Si](C)(C)C(C)(C)C)CC[C@]3(C)[C@H]21. The van der Waals surface area contributed by atoms with E-state index in [1.54, 1.807) is 6.92 Å². The van der Waals surface area contributed by atoms with Crippen molar-refractivity contribution in [2.45, 2.75) is 161 Å². The van der Waals surface area contributed by atoms with Crippen molar-refractivity contribution in [2.24, 2.45) is 40.4 Å². The number of carbonyl (C=O) groups is 1. The van der Waals surface area contributed by atoms with Gasteiger partial charge in [-0.1, -0.05) is 82.0 Å². The molecule has 3 saturated carbocycles. The Morgan fingerprint density at radius 1 is 1.17 bits per heavy atom. The Morgan fingerprint density at radius 3 is 2.41 bits per heavy atom. The maximum atomic E-state index is 12.6. The minimum absolute atomic E-state index is 0.0418. The molecule has 4 nitrogen and oxygen atoms in total. The fourth-order valence-corrected chi connectivity index (χ4v) is 12.1. The largest absolute Gasteiger partial charge is 0.462 e. The summed E-state index contributed by atoms with van der Waals surface area (Å²) in [5.41, 5.74) is 1.14. The predicted octanol–water partition coefficient (Wildman–Crippen LogP) is 9.45. The zero-order chi connectivity index (χ0) is 30.8. The van der Waals surface area contributed by atoms with Gasteiger partial charge in [0.15, 0.2) is 8.32 Å². The van der Waals surface area contributed by atoms with Gasteiger partial charge in [-0.25, -0.2) is 0 Å². The fraction of sp³-hybridized carbons (Fsp3) is 0.914. The lowest BCUT2D eigenvalue weighted by Crippen LogP contribution is -2.60. The Hall–Kier alpha value is -0.173. The molecular formula is C35H61BrO4Si. The average molecular weight is 654 g/mol. The minimum atomic E-state index is -1.85. The van der Waals surface area contributed by atoms with Crippen LogP contribution in [0.5, 0.6) is 0 Å². The van der Waals surface area contributed by atoms with Crippen LogP contribution in [0.4, 0.5) is 0 Å². The molecule has 4 aliphatic rings. The molecule has 6 heteroatoms. The lowest BCUT2D eigenvalue weighted by molar-refractivity contribution is -0.174. The third kappa shape index (κ3) is 6.61. The van der Waals surface area contributed by atoms with Crippen molar-refractivity contribution in [3.05, 3.63) is 11.6 Å². The lowest BCUT2D eigenvalue weighted by atomic mass is 9.46. The molecule has 3 fully saturated rings. The van der Waals surface area contributed by atoms with Gasteiger partial charge < -0.3 is 14.3 Å². The summed E-state index contributed by atoms with van der Waals surface area (Å²) in [5.74, 6) is 2.53. The lowest BCUT2D eigenvalue weighted by Gasteiger charge is -2.62. The summed E-state index contributed by atoms with van der Waals surface area (Å²) < 4.78 is 13.3. The van der Waals surface area contributed by atoms with Crippen LogP contribution in [0.1, 0.15) is 120 Å². The first-order chi connectivity index (χ1) is 18.7. The normalized spacial score (nSPS) is 40.2. The van der Waals surface area contributed by atoms with E-state index in [9.17, 15) is 9.90 Å². The van der Waals surface area contributed by atoms with Crippen molar-refractivity contribution in [3.8, 4) is 0 Å². The summed E-state index contributed by atoms with van der Waals surface area (Å²) in [4.78, 5) is 12.9. The van der Waals surface area contributed by atoms with Gasteiger partial charge in [-0.05, 0) is 111 Å². The molecule has 0 aliphatic heterocycles. The highest BCUT2D eigenvalue weighted by Gasteiger charge is 2.65. The van der Waals surface area contributed by atoms with E-state index in [1.165, 1.54) is 18.4 Å². The molecule has 0 heterocycles. The molecule has 4 rings (SSSR count). The highest BCUT2D eigenvalue weighted by molar-refractivity contribution is 9.09. The molecule has 41 heavy (non-hydrogen) atoms. The van der Waals surface area contributed by atoms with Gasteiger partial charge in [0.05, 0.1) is 5.60 Å². The zero-order valence-electron chi connectivity index (χ0n) is 28.1. The maximum absolute atomic E-state index is 12.6. The molecule has 0 bridgehead atoms. The standard InChI is InChI=1S/C35H61BrO4Si/c1-22(13-12-17-33(6,7)38)26-14-15-27-30-28(36)20-24-19-25(40-41(10,11)32(3,4)5)16-18-34(24,8)31(30)29(39-23(2)37)21-35(26,27)9/h20,22,25-31,38H,12-19,21H2,1-11H3/t22-,25+,26-,27+,28?,29-,30-,31+,34+,35-/m1/s1. The zero-order valence-corrected chi connectivity index (χ0v) is 30.7. The number of hydrogen-bond donors (Lipinski definition) is 1. The van der Waals surface area contributed by atoms with Crippen molar-refractivity contribution in [1.29, 1.82) is 0 Å². The molecular weight excluding hydrogens is 592 g/mol. The van der Waals surface area contributed by atoms with Crippen LogP contribution >= 0.6 is 15.9 Å². The van der Waals surface area contributed by atoms with Gasteiger partial charge in [-0.3, -0.25) is 4.79 Å². The molecule has 0 aromatic heterocycles. The van der Waals surface area contributed by atoms with Gasteiger partial charge in [0, 0.05) is 23.8 Å². The number of fused-ring (bicyclic) bond motifs is 5. The Bertz CT molecular complexity index is 995. The average Bonchev–Trinajstić information content (AvgIpc) is 3.14. The summed E-state index contributed by atoms with van der Waals surface area (Å²) in [5, 5.41) is 10.5. The quantitative estimate of drug-likeness (QED) is 0.123.